The van der Waals surface area contributed by atoms with Crippen molar-refractivity contribution in [3.05, 3.63) is 82.9 Å². The van der Waals surface area contributed by atoms with Crippen LogP contribution in [-0.2, 0) is 4.43 Å². The molecular formula is C30H40O3Si. The lowest BCUT2D eigenvalue weighted by atomic mass is 9.42. The van der Waals surface area contributed by atoms with Crippen LogP contribution in [-0.4, -0.2) is 36.8 Å². The lowest BCUT2D eigenvalue weighted by Crippen LogP contribution is -2.65. The van der Waals surface area contributed by atoms with Gasteiger partial charge in [-0.2, -0.15) is 0 Å². The minimum absolute atomic E-state index is 0.0297. The zero-order valence-electron chi connectivity index (χ0n) is 21.5. The van der Waals surface area contributed by atoms with E-state index in [1.807, 2.05) is 12.2 Å². The Balaban J connectivity index is 1.75. The average Bonchev–Trinajstić information content (AvgIpc) is 3.03. The molecule has 0 heterocycles. The molecule has 4 heteroatoms. The van der Waals surface area contributed by atoms with E-state index in [0.717, 1.165) is 6.42 Å². The van der Waals surface area contributed by atoms with E-state index < -0.39 is 25.4 Å². The Morgan fingerprint density at radius 1 is 0.941 bits per heavy atom. The molecule has 0 saturated carbocycles. The molecule has 6 rings (SSSR count). The maximum Gasteiger partial charge on any atom is 0.191 e. The molecule has 0 aromatic heterocycles. The first-order valence-electron chi connectivity index (χ1n) is 12.9. The van der Waals surface area contributed by atoms with Crippen molar-refractivity contribution in [2.24, 2.45) is 11.3 Å². The van der Waals surface area contributed by atoms with Gasteiger partial charge in [0.25, 0.3) is 0 Å². The van der Waals surface area contributed by atoms with Crippen LogP contribution >= 0.6 is 0 Å². The summed E-state index contributed by atoms with van der Waals surface area (Å²) in [5, 5.41) is 24.3. The van der Waals surface area contributed by atoms with Crippen LogP contribution in [0.3, 0.4) is 0 Å². The van der Waals surface area contributed by atoms with Crippen molar-refractivity contribution >= 4 is 8.32 Å². The highest BCUT2D eigenvalue weighted by Gasteiger charge is 2.70. The fourth-order valence-corrected chi connectivity index (χ4v) is 8.12. The zero-order valence-corrected chi connectivity index (χ0v) is 22.5. The third kappa shape index (κ3) is 3.05. The molecule has 0 radical (unpaired) electrons. The second-order valence-electron chi connectivity index (χ2n) is 12.3. The van der Waals surface area contributed by atoms with Crippen molar-refractivity contribution in [3.8, 4) is 0 Å². The first-order valence-corrected chi connectivity index (χ1v) is 15.8. The number of aliphatic hydroxyl groups is 2. The standard InChI is InChI=1S/C30H40O3Si/c1-7-17-29(32)18-16-25(31)30(29)24(19-33-34(5,6)28(2,3)4)26-20-12-8-10-14-22(20)27(30)23-15-11-9-13-21(23)26/h8-16,18,24-27,31-32H,7,17,19H2,1-6H3/t24-,25+,26?,27?,29-,30-/m0/s1. The van der Waals surface area contributed by atoms with Gasteiger partial charge >= 0.3 is 0 Å². The Labute approximate surface area is 206 Å². The summed E-state index contributed by atoms with van der Waals surface area (Å²) < 4.78 is 6.91. The molecule has 1 spiro atoms. The maximum atomic E-state index is 12.4. The molecule has 2 aromatic rings. The van der Waals surface area contributed by atoms with Crippen molar-refractivity contribution in [3.63, 3.8) is 0 Å². The van der Waals surface area contributed by atoms with Gasteiger partial charge in [0.1, 0.15) is 0 Å². The van der Waals surface area contributed by atoms with Crippen LogP contribution in [0.4, 0.5) is 0 Å². The zero-order chi connectivity index (χ0) is 24.5. The van der Waals surface area contributed by atoms with E-state index in [-0.39, 0.29) is 22.8 Å². The molecule has 0 unspecified atom stereocenters. The van der Waals surface area contributed by atoms with E-state index in [0.29, 0.717) is 13.0 Å². The van der Waals surface area contributed by atoms with Gasteiger partial charge in [-0.15, -0.1) is 0 Å². The summed E-state index contributed by atoms with van der Waals surface area (Å²) in [5.41, 5.74) is 3.34. The molecule has 3 nitrogen and oxygen atoms in total. The molecule has 2 bridgehead atoms. The van der Waals surface area contributed by atoms with Crippen LogP contribution in [0, 0.1) is 11.3 Å². The van der Waals surface area contributed by atoms with Crippen LogP contribution in [0.5, 0.6) is 0 Å². The van der Waals surface area contributed by atoms with Gasteiger partial charge < -0.3 is 14.6 Å². The highest BCUT2D eigenvalue weighted by atomic mass is 28.4. The summed E-state index contributed by atoms with van der Waals surface area (Å²) in [7, 11) is -2.04. The number of benzene rings is 2. The molecule has 0 amide bonds. The summed E-state index contributed by atoms with van der Waals surface area (Å²) >= 11 is 0. The molecule has 0 fully saturated rings. The van der Waals surface area contributed by atoms with Crippen molar-refractivity contribution in [2.45, 2.75) is 82.2 Å². The fraction of sp³-hybridized carbons (Fsp3) is 0.533. The van der Waals surface area contributed by atoms with Gasteiger partial charge in [-0.3, -0.25) is 0 Å². The SMILES string of the molecule is CCC[C@]1(O)C=C[C@@H](O)[C@@]12C1c3ccccc3C(c3ccccc31)[C@@H]2CO[Si](C)(C)C(C)(C)C. The summed E-state index contributed by atoms with van der Waals surface area (Å²) in [6.45, 7) is 14.1. The Morgan fingerprint density at radius 3 is 1.97 bits per heavy atom. The molecule has 2 aromatic carbocycles. The van der Waals surface area contributed by atoms with Gasteiger partial charge in [-0.25, -0.2) is 0 Å². The topological polar surface area (TPSA) is 49.7 Å². The largest absolute Gasteiger partial charge is 0.416 e. The van der Waals surface area contributed by atoms with Gasteiger partial charge in [-0.05, 0) is 46.8 Å². The second-order valence-corrected chi connectivity index (χ2v) is 17.1. The second kappa shape index (κ2) is 7.89. The van der Waals surface area contributed by atoms with Crippen molar-refractivity contribution in [1.29, 1.82) is 0 Å². The van der Waals surface area contributed by atoms with E-state index in [2.05, 4.69) is 89.3 Å². The number of hydrogen-bond acceptors (Lipinski definition) is 3. The summed E-state index contributed by atoms with van der Waals surface area (Å²) in [6, 6.07) is 17.4. The van der Waals surface area contributed by atoms with Crippen LogP contribution in [0.1, 0.15) is 74.6 Å². The Bertz CT molecular complexity index is 1070. The Hall–Kier alpha value is -1.72. The summed E-state index contributed by atoms with van der Waals surface area (Å²) in [4.78, 5) is 0. The van der Waals surface area contributed by atoms with Gasteiger partial charge in [-0.1, -0.05) is 94.8 Å². The lowest BCUT2D eigenvalue weighted by Gasteiger charge is -2.63. The van der Waals surface area contributed by atoms with Crippen molar-refractivity contribution < 1.29 is 14.6 Å². The molecule has 4 aliphatic carbocycles. The quantitative estimate of drug-likeness (QED) is 0.390. The minimum atomic E-state index is -2.04. The molecule has 2 N–H and O–H groups in total. The van der Waals surface area contributed by atoms with E-state index in [4.69, 9.17) is 4.43 Å². The highest BCUT2D eigenvalue weighted by molar-refractivity contribution is 6.74. The Morgan fingerprint density at radius 2 is 1.47 bits per heavy atom. The minimum Gasteiger partial charge on any atom is -0.416 e. The molecular weight excluding hydrogens is 436 g/mol. The molecule has 34 heavy (non-hydrogen) atoms. The van der Waals surface area contributed by atoms with Crippen molar-refractivity contribution in [2.75, 3.05) is 6.61 Å². The van der Waals surface area contributed by atoms with Gasteiger partial charge in [0, 0.05) is 29.8 Å². The monoisotopic (exact) mass is 476 g/mol. The third-order valence-electron chi connectivity index (χ3n) is 9.63. The highest BCUT2D eigenvalue weighted by Crippen LogP contribution is 2.71. The van der Waals surface area contributed by atoms with E-state index in [9.17, 15) is 10.2 Å². The molecule has 4 atom stereocenters. The average molecular weight is 477 g/mol. The lowest BCUT2D eigenvalue weighted by molar-refractivity contribution is -0.156. The Kier molecular flexibility index (Phi) is 5.57. The number of hydrogen-bond donors (Lipinski definition) is 2. The van der Waals surface area contributed by atoms with Gasteiger partial charge in [0.2, 0.25) is 0 Å². The maximum absolute atomic E-state index is 12.4. The molecule has 4 aliphatic rings. The number of rotatable bonds is 5. The molecule has 0 aliphatic heterocycles. The van der Waals surface area contributed by atoms with Gasteiger partial charge in [0.05, 0.1) is 11.7 Å². The van der Waals surface area contributed by atoms with E-state index in [1.54, 1.807) is 0 Å². The van der Waals surface area contributed by atoms with E-state index >= 15 is 0 Å². The predicted octanol–water partition coefficient (Wildman–Crippen LogP) is 6.36. The predicted molar refractivity (Wildman–Crippen MR) is 141 cm³/mol. The third-order valence-corrected chi connectivity index (χ3v) is 14.1. The smallest absolute Gasteiger partial charge is 0.191 e. The molecule has 0 saturated heterocycles. The van der Waals surface area contributed by atoms with Crippen LogP contribution in [0.2, 0.25) is 18.1 Å². The fourth-order valence-electron chi connectivity index (χ4n) is 7.09. The van der Waals surface area contributed by atoms with Gasteiger partial charge in [0.15, 0.2) is 8.32 Å². The normalized spacial score (nSPS) is 33.9. The molecule has 182 valence electrons. The first kappa shape index (κ1) is 24.0. The first-order chi connectivity index (χ1) is 16.0. The summed E-state index contributed by atoms with van der Waals surface area (Å²) in [6.07, 6.45) is 4.52. The van der Waals surface area contributed by atoms with Crippen LogP contribution < -0.4 is 0 Å². The van der Waals surface area contributed by atoms with Crippen LogP contribution in [0.25, 0.3) is 0 Å². The van der Waals surface area contributed by atoms with E-state index in [1.165, 1.54) is 22.3 Å². The van der Waals surface area contributed by atoms with Crippen LogP contribution in [0.15, 0.2) is 60.7 Å². The summed E-state index contributed by atoms with van der Waals surface area (Å²) in [5.74, 6) is -0.0301. The van der Waals surface area contributed by atoms with Crippen molar-refractivity contribution in [1.82, 2.24) is 0 Å². The number of aliphatic hydroxyl groups excluding tert-OH is 1.